The molecule has 45 valence electrons. The summed E-state index contributed by atoms with van der Waals surface area (Å²) in [6, 6.07) is 0.199. The van der Waals surface area contributed by atoms with Crippen molar-refractivity contribution >= 4 is 17.2 Å². The lowest BCUT2D eigenvalue weighted by molar-refractivity contribution is 0.750. The number of thiocarbonyl (C=S) groups is 1. The highest BCUT2D eigenvalue weighted by atomic mass is 32.1. The molecule has 1 atom stereocenters. The first kappa shape index (κ1) is 5.98. The van der Waals surface area contributed by atoms with E-state index < -0.39 is 0 Å². The third-order valence-electron chi connectivity index (χ3n) is 1.31. The van der Waals surface area contributed by atoms with E-state index in [1.165, 1.54) is 0 Å². The van der Waals surface area contributed by atoms with Crippen LogP contribution in [0.25, 0.3) is 0 Å². The van der Waals surface area contributed by atoms with Crippen LogP contribution in [0.2, 0.25) is 0 Å². The molecule has 1 radical (unpaired) electrons. The van der Waals surface area contributed by atoms with Crippen molar-refractivity contribution < 1.29 is 0 Å². The van der Waals surface area contributed by atoms with E-state index in [2.05, 4.69) is 5.32 Å². The Balaban J connectivity index is 2.35. The molecular weight excluding hydrogens is 120 g/mol. The zero-order chi connectivity index (χ0) is 5.98. The van der Waals surface area contributed by atoms with Crippen LogP contribution in [0.4, 0.5) is 0 Å². The van der Waals surface area contributed by atoms with Gasteiger partial charge in [-0.25, -0.2) is 5.32 Å². The normalized spacial score (nSPS) is 28.2. The Morgan fingerprint density at radius 2 is 2.50 bits per heavy atom. The van der Waals surface area contributed by atoms with Gasteiger partial charge in [0.25, 0.3) is 0 Å². The van der Waals surface area contributed by atoms with Gasteiger partial charge in [0.2, 0.25) is 0 Å². The van der Waals surface area contributed by atoms with Crippen molar-refractivity contribution in [2.45, 2.75) is 18.9 Å². The van der Waals surface area contributed by atoms with Crippen molar-refractivity contribution in [3.8, 4) is 0 Å². The molecule has 0 aliphatic carbocycles. The van der Waals surface area contributed by atoms with Gasteiger partial charge in [0, 0.05) is 6.54 Å². The topological polar surface area (TPSA) is 40.1 Å². The van der Waals surface area contributed by atoms with Crippen molar-refractivity contribution in [1.29, 1.82) is 0 Å². The smallest absolute Gasteiger partial charge is 0.0916 e. The molecule has 1 aliphatic rings. The summed E-state index contributed by atoms with van der Waals surface area (Å²) < 4.78 is 0. The molecule has 0 saturated carbocycles. The fourth-order valence-electron chi connectivity index (χ4n) is 0.855. The summed E-state index contributed by atoms with van der Waals surface area (Å²) in [6.45, 7) is 0.946. The van der Waals surface area contributed by atoms with Crippen molar-refractivity contribution in [1.82, 2.24) is 5.32 Å². The first-order valence-electron chi connectivity index (χ1n) is 2.76. The van der Waals surface area contributed by atoms with E-state index in [0.717, 1.165) is 19.4 Å². The molecule has 0 aromatic heterocycles. The molecule has 0 bridgehead atoms. The van der Waals surface area contributed by atoms with Gasteiger partial charge < -0.3 is 5.73 Å². The lowest BCUT2D eigenvalue weighted by atomic mass is 10.2. The predicted octanol–water partition coefficient (Wildman–Crippen LogP) is 0.0393. The molecule has 1 heterocycles. The predicted molar refractivity (Wildman–Crippen MR) is 36.8 cm³/mol. The van der Waals surface area contributed by atoms with Gasteiger partial charge >= 0.3 is 0 Å². The third-order valence-corrected chi connectivity index (χ3v) is 1.59. The summed E-state index contributed by atoms with van der Waals surface area (Å²) >= 11 is 4.74. The second-order valence-corrected chi connectivity index (χ2v) is 2.44. The van der Waals surface area contributed by atoms with Gasteiger partial charge in [-0.15, -0.1) is 0 Å². The van der Waals surface area contributed by atoms with Crippen LogP contribution >= 0.6 is 12.2 Å². The summed E-state index contributed by atoms with van der Waals surface area (Å²) in [5.41, 5.74) is 5.34. The minimum absolute atomic E-state index is 0.199. The second kappa shape index (κ2) is 2.42. The Bertz CT molecular complexity index is 96.6. The van der Waals surface area contributed by atoms with Crippen LogP contribution in [-0.4, -0.2) is 17.6 Å². The number of rotatable bonds is 1. The molecule has 2 nitrogen and oxygen atoms in total. The van der Waals surface area contributed by atoms with Crippen molar-refractivity contribution in [3.63, 3.8) is 0 Å². The molecule has 1 unspecified atom stereocenters. The summed E-state index contributed by atoms with van der Waals surface area (Å²) in [7, 11) is 0. The van der Waals surface area contributed by atoms with E-state index in [-0.39, 0.29) is 6.04 Å². The van der Waals surface area contributed by atoms with Crippen LogP contribution in [0.15, 0.2) is 0 Å². The van der Waals surface area contributed by atoms with Crippen LogP contribution < -0.4 is 11.1 Å². The van der Waals surface area contributed by atoms with E-state index in [9.17, 15) is 0 Å². The largest absolute Gasteiger partial charge is 0.392 e. The molecule has 3 heteroatoms. The minimum atomic E-state index is 0.199. The SMILES string of the molecule is NC(=S)C1CCC[N]1. The Kier molecular flexibility index (Phi) is 1.81. The summed E-state index contributed by atoms with van der Waals surface area (Å²) in [6.07, 6.45) is 2.22. The zero-order valence-electron chi connectivity index (χ0n) is 4.63. The maximum atomic E-state index is 5.34. The van der Waals surface area contributed by atoms with E-state index in [1.54, 1.807) is 0 Å². The Hall–Kier alpha value is -0.150. The molecular formula is C5H9N2S. The molecule has 0 spiro atoms. The minimum Gasteiger partial charge on any atom is -0.392 e. The summed E-state index contributed by atoms with van der Waals surface area (Å²) in [5.74, 6) is 0. The second-order valence-electron chi connectivity index (χ2n) is 1.97. The highest BCUT2D eigenvalue weighted by Crippen LogP contribution is 2.05. The quantitative estimate of drug-likeness (QED) is 0.508. The number of nitrogens with two attached hydrogens (primary N) is 1. The van der Waals surface area contributed by atoms with Crippen molar-refractivity contribution in [3.05, 3.63) is 0 Å². The molecule has 2 N–H and O–H groups in total. The molecule has 0 amide bonds. The van der Waals surface area contributed by atoms with E-state index in [0.29, 0.717) is 4.99 Å². The first-order valence-corrected chi connectivity index (χ1v) is 3.17. The highest BCUT2D eigenvalue weighted by Gasteiger charge is 2.16. The molecule has 1 saturated heterocycles. The lowest BCUT2D eigenvalue weighted by Gasteiger charge is -2.02. The average molecular weight is 129 g/mol. The van der Waals surface area contributed by atoms with Crippen molar-refractivity contribution in [2.75, 3.05) is 6.54 Å². The van der Waals surface area contributed by atoms with Gasteiger partial charge in [0.1, 0.15) is 0 Å². The third kappa shape index (κ3) is 1.17. The lowest BCUT2D eigenvalue weighted by Crippen LogP contribution is -2.30. The van der Waals surface area contributed by atoms with Gasteiger partial charge in [-0.1, -0.05) is 12.2 Å². The molecule has 8 heavy (non-hydrogen) atoms. The number of nitrogens with zero attached hydrogens (tertiary/aromatic N) is 1. The summed E-state index contributed by atoms with van der Waals surface area (Å²) in [4.78, 5) is 0.558. The highest BCUT2D eigenvalue weighted by molar-refractivity contribution is 7.80. The van der Waals surface area contributed by atoms with E-state index in [4.69, 9.17) is 18.0 Å². The molecule has 0 aromatic rings. The van der Waals surface area contributed by atoms with Gasteiger partial charge in [-0.3, -0.25) is 0 Å². The fraction of sp³-hybridized carbons (Fsp3) is 0.800. The average Bonchev–Trinajstić information content (AvgIpc) is 2.12. The summed E-state index contributed by atoms with van der Waals surface area (Å²) in [5, 5.41) is 4.17. The molecule has 1 rings (SSSR count). The first-order chi connectivity index (χ1) is 3.80. The van der Waals surface area contributed by atoms with Gasteiger partial charge in [-0.05, 0) is 12.8 Å². The van der Waals surface area contributed by atoms with Crippen molar-refractivity contribution in [2.24, 2.45) is 5.73 Å². The van der Waals surface area contributed by atoms with Crippen LogP contribution in [0.3, 0.4) is 0 Å². The number of hydrogen-bond donors (Lipinski definition) is 1. The van der Waals surface area contributed by atoms with Crippen LogP contribution in [0, 0.1) is 0 Å². The maximum Gasteiger partial charge on any atom is 0.0916 e. The van der Waals surface area contributed by atoms with E-state index in [1.807, 2.05) is 0 Å². The zero-order valence-corrected chi connectivity index (χ0v) is 5.45. The Morgan fingerprint density at radius 1 is 1.75 bits per heavy atom. The fourth-order valence-corrected chi connectivity index (χ4v) is 1.05. The van der Waals surface area contributed by atoms with Crippen LogP contribution in [-0.2, 0) is 0 Å². The maximum absolute atomic E-state index is 5.34. The van der Waals surface area contributed by atoms with E-state index >= 15 is 0 Å². The molecule has 1 aliphatic heterocycles. The van der Waals surface area contributed by atoms with Gasteiger partial charge in [-0.2, -0.15) is 0 Å². The standard InChI is InChI=1S/C5H9N2S/c6-5(8)4-2-1-3-7-4/h4H,1-3H2,(H2,6,8). The van der Waals surface area contributed by atoms with Crippen LogP contribution in [0.1, 0.15) is 12.8 Å². The Morgan fingerprint density at radius 3 is 2.75 bits per heavy atom. The number of hydrogen-bond acceptors (Lipinski definition) is 1. The molecule has 1 fully saturated rings. The molecule has 0 aromatic carbocycles. The monoisotopic (exact) mass is 129 g/mol. The van der Waals surface area contributed by atoms with Crippen LogP contribution in [0.5, 0.6) is 0 Å². The Labute approximate surface area is 54.4 Å². The van der Waals surface area contributed by atoms with Gasteiger partial charge in [0.15, 0.2) is 0 Å². The van der Waals surface area contributed by atoms with Gasteiger partial charge in [0.05, 0.1) is 11.0 Å².